The van der Waals surface area contributed by atoms with Gasteiger partial charge in [0.15, 0.2) is 0 Å². The highest BCUT2D eigenvalue weighted by molar-refractivity contribution is 7.53. The first-order chi connectivity index (χ1) is 9.00. The fourth-order valence-corrected chi connectivity index (χ4v) is 4.04. The summed E-state index contributed by atoms with van der Waals surface area (Å²) >= 11 is 0. The Kier molecular flexibility index (Phi) is 2.77. The van der Waals surface area contributed by atoms with Crippen molar-refractivity contribution in [2.75, 3.05) is 6.61 Å². The predicted molar refractivity (Wildman–Crippen MR) is 70.8 cm³/mol. The van der Waals surface area contributed by atoms with Gasteiger partial charge in [0.05, 0.1) is 18.2 Å². The van der Waals surface area contributed by atoms with Gasteiger partial charge in [-0.2, -0.15) is 0 Å². The van der Waals surface area contributed by atoms with Crippen molar-refractivity contribution in [3.05, 3.63) is 39.7 Å². The molecule has 1 aromatic heterocycles. The van der Waals surface area contributed by atoms with E-state index in [1.54, 1.807) is 19.1 Å². The van der Waals surface area contributed by atoms with E-state index in [9.17, 15) is 9.36 Å². The van der Waals surface area contributed by atoms with E-state index in [0.29, 0.717) is 28.9 Å². The van der Waals surface area contributed by atoms with Gasteiger partial charge in [0.25, 0.3) is 0 Å². The normalized spacial score (nSPS) is 21.4. The molecule has 0 N–H and O–H groups in total. The van der Waals surface area contributed by atoms with Crippen LogP contribution in [-0.2, 0) is 15.3 Å². The van der Waals surface area contributed by atoms with E-state index in [4.69, 9.17) is 13.5 Å². The first-order valence-electron chi connectivity index (χ1n) is 6.01. The fraction of sp³-hybridized carbons (Fsp3) is 0.308. The molecule has 6 heteroatoms. The quantitative estimate of drug-likeness (QED) is 0.624. The van der Waals surface area contributed by atoms with Gasteiger partial charge in [-0.05, 0) is 37.1 Å². The molecule has 1 atom stereocenters. The lowest BCUT2D eigenvalue weighted by molar-refractivity contribution is 0.277. The maximum Gasteiger partial charge on any atom is 0.383 e. The molecule has 2 aromatic rings. The lowest BCUT2D eigenvalue weighted by Gasteiger charge is -2.25. The standard InChI is InChI=1S/C13H13O5P/c1-3-16-19(15)7-9-6-12(14)17-10-4-8(2)5-11(18-19)13(9)10/h4-6H,3,7H2,1-2H3. The summed E-state index contributed by atoms with van der Waals surface area (Å²) in [5.74, 6) is 0.455. The van der Waals surface area contributed by atoms with Gasteiger partial charge in [-0.15, -0.1) is 0 Å². The molecule has 5 nitrogen and oxygen atoms in total. The Hall–Kier alpha value is -1.58. The first kappa shape index (κ1) is 12.5. The average molecular weight is 280 g/mol. The molecule has 0 aliphatic carbocycles. The average Bonchev–Trinajstić information content (AvgIpc) is 2.25. The smallest absolute Gasteiger partial charge is 0.383 e. The molecule has 0 amide bonds. The van der Waals surface area contributed by atoms with Gasteiger partial charge in [0.1, 0.15) is 11.3 Å². The molecule has 1 aliphatic heterocycles. The molecule has 19 heavy (non-hydrogen) atoms. The lowest BCUT2D eigenvalue weighted by atomic mass is 10.1. The Morgan fingerprint density at radius 1 is 1.37 bits per heavy atom. The highest BCUT2D eigenvalue weighted by Crippen LogP contribution is 2.57. The zero-order chi connectivity index (χ0) is 13.6. The number of aryl methyl sites for hydroxylation is 1. The van der Waals surface area contributed by atoms with Crippen LogP contribution >= 0.6 is 7.60 Å². The minimum Gasteiger partial charge on any atom is -0.423 e. The van der Waals surface area contributed by atoms with Crippen molar-refractivity contribution in [1.82, 2.24) is 0 Å². The third kappa shape index (κ3) is 2.09. The first-order valence-corrected chi connectivity index (χ1v) is 7.74. The van der Waals surface area contributed by atoms with Crippen LogP contribution in [0, 0.1) is 6.92 Å². The largest absolute Gasteiger partial charge is 0.423 e. The fourth-order valence-electron chi connectivity index (χ4n) is 2.33. The summed E-state index contributed by atoms with van der Waals surface area (Å²) in [4.78, 5) is 11.5. The van der Waals surface area contributed by atoms with Crippen molar-refractivity contribution >= 4 is 18.6 Å². The van der Waals surface area contributed by atoms with Crippen molar-refractivity contribution < 1.29 is 18.0 Å². The van der Waals surface area contributed by atoms with Crippen LogP contribution in [-0.4, -0.2) is 6.61 Å². The second-order valence-electron chi connectivity index (χ2n) is 4.50. The molecule has 2 heterocycles. The van der Waals surface area contributed by atoms with E-state index in [1.807, 2.05) is 6.92 Å². The summed E-state index contributed by atoms with van der Waals surface area (Å²) in [6.45, 7) is 3.90. The summed E-state index contributed by atoms with van der Waals surface area (Å²) in [6.07, 6.45) is 0.0962. The van der Waals surface area contributed by atoms with E-state index in [0.717, 1.165) is 5.56 Å². The molecule has 1 unspecified atom stereocenters. The molecule has 0 bridgehead atoms. The van der Waals surface area contributed by atoms with Crippen molar-refractivity contribution in [3.8, 4) is 5.75 Å². The Labute approximate surface area is 109 Å². The number of hydrogen-bond acceptors (Lipinski definition) is 5. The maximum absolute atomic E-state index is 12.5. The zero-order valence-corrected chi connectivity index (χ0v) is 11.5. The van der Waals surface area contributed by atoms with Crippen LogP contribution in [0.4, 0.5) is 0 Å². The van der Waals surface area contributed by atoms with E-state index in [-0.39, 0.29) is 6.16 Å². The maximum atomic E-state index is 12.5. The SMILES string of the molecule is CCOP1(=O)Cc2cc(=O)oc3cc(C)cc(c23)O1. The minimum absolute atomic E-state index is 0.0962. The lowest BCUT2D eigenvalue weighted by Crippen LogP contribution is -2.10. The van der Waals surface area contributed by atoms with Crippen LogP contribution in [0.15, 0.2) is 27.4 Å². The molecule has 0 saturated heterocycles. The Morgan fingerprint density at radius 3 is 2.89 bits per heavy atom. The third-order valence-corrected chi connectivity index (χ3v) is 4.82. The van der Waals surface area contributed by atoms with Crippen LogP contribution < -0.4 is 10.1 Å². The predicted octanol–water partition coefficient (Wildman–Crippen LogP) is 3.22. The molecule has 3 rings (SSSR count). The van der Waals surface area contributed by atoms with E-state index in [1.165, 1.54) is 6.07 Å². The summed E-state index contributed by atoms with van der Waals surface area (Å²) in [6, 6.07) is 4.90. The Bertz CT molecular complexity index is 761. The van der Waals surface area contributed by atoms with Crippen LogP contribution in [0.5, 0.6) is 5.75 Å². The van der Waals surface area contributed by atoms with Gasteiger partial charge < -0.3 is 8.94 Å². The topological polar surface area (TPSA) is 65.7 Å². The summed E-state index contributed by atoms with van der Waals surface area (Å²) in [5.41, 5.74) is 1.53. The van der Waals surface area contributed by atoms with Gasteiger partial charge in [0.2, 0.25) is 0 Å². The highest BCUT2D eigenvalue weighted by atomic mass is 31.2. The second-order valence-corrected chi connectivity index (χ2v) is 6.48. The Morgan fingerprint density at radius 2 is 2.16 bits per heavy atom. The molecule has 1 aromatic carbocycles. The molecule has 0 saturated carbocycles. The van der Waals surface area contributed by atoms with E-state index >= 15 is 0 Å². The molecule has 0 radical (unpaired) electrons. The van der Waals surface area contributed by atoms with Crippen LogP contribution in [0.2, 0.25) is 0 Å². The zero-order valence-electron chi connectivity index (χ0n) is 10.6. The number of benzene rings is 1. The van der Waals surface area contributed by atoms with Crippen LogP contribution in [0.25, 0.3) is 11.0 Å². The summed E-state index contributed by atoms with van der Waals surface area (Å²) in [7, 11) is -3.23. The van der Waals surface area contributed by atoms with Crippen LogP contribution in [0.3, 0.4) is 0 Å². The summed E-state index contributed by atoms with van der Waals surface area (Å²) < 4.78 is 28.4. The molecule has 1 aliphatic rings. The van der Waals surface area contributed by atoms with Crippen molar-refractivity contribution in [1.29, 1.82) is 0 Å². The number of rotatable bonds is 2. The van der Waals surface area contributed by atoms with Crippen LogP contribution in [0.1, 0.15) is 18.1 Å². The van der Waals surface area contributed by atoms with Gasteiger partial charge in [-0.25, -0.2) is 9.36 Å². The van der Waals surface area contributed by atoms with Gasteiger partial charge in [-0.1, -0.05) is 0 Å². The van der Waals surface area contributed by atoms with E-state index in [2.05, 4.69) is 0 Å². The van der Waals surface area contributed by atoms with Crippen molar-refractivity contribution in [2.45, 2.75) is 20.0 Å². The number of hydrogen-bond donors (Lipinski definition) is 0. The molecular formula is C13H13O5P. The van der Waals surface area contributed by atoms with Gasteiger partial charge in [0, 0.05) is 6.07 Å². The third-order valence-electron chi connectivity index (χ3n) is 2.96. The van der Waals surface area contributed by atoms with Gasteiger partial charge >= 0.3 is 13.2 Å². The minimum atomic E-state index is -3.23. The Balaban J connectivity index is 2.30. The highest BCUT2D eigenvalue weighted by Gasteiger charge is 2.34. The molecule has 0 spiro atoms. The molecule has 100 valence electrons. The molecule has 0 fully saturated rings. The summed E-state index contributed by atoms with van der Waals surface area (Å²) in [5, 5.41) is 0.705. The second kappa shape index (κ2) is 4.22. The van der Waals surface area contributed by atoms with Gasteiger partial charge in [-0.3, -0.25) is 4.52 Å². The monoisotopic (exact) mass is 280 g/mol. The molecular weight excluding hydrogens is 267 g/mol. The van der Waals surface area contributed by atoms with Crippen molar-refractivity contribution in [2.24, 2.45) is 0 Å². The van der Waals surface area contributed by atoms with Crippen molar-refractivity contribution in [3.63, 3.8) is 0 Å². The van der Waals surface area contributed by atoms with E-state index < -0.39 is 13.2 Å².